The Morgan fingerprint density at radius 2 is 1.81 bits per heavy atom. The molecule has 5 nitrogen and oxygen atoms in total. The van der Waals surface area contributed by atoms with E-state index < -0.39 is 4.92 Å². The van der Waals surface area contributed by atoms with E-state index in [-0.39, 0.29) is 21.6 Å². The Kier molecular flexibility index (Phi) is 5.08. The summed E-state index contributed by atoms with van der Waals surface area (Å²) < 4.78 is 1.14. The molecule has 0 aromatic heterocycles. The van der Waals surface area contributed by atoms with Crippen LogP contribution in [0, 0.1) is 10.1 Å². The topological polar surface area (TPSA) is 72.2 Å². The van der Waals surface area contributed by atoms with Gasteiger partial charge in [0, 0.05) is 17.1 Å². The number of nitrogens with zero attached hydrogens (tertiary/aromatic N) is 1. The lowest BCUT2D eigenvalue weighted by molar-refractivity contribution is -0.385. The van der Waals surface area contributed by atoms with Crippen molar-refractivity contribution in [2.75, 3.05) is 0 Å². The fraction of sp³-hybridized carbons (Fsp3) is 0.0714. The van der Waals surface area contributed by atoms with E-state index in [1.54, 1.807) is 0 Å². The van der Waals surface area contributed by atoms with Gasteiger partial charge in [-0.15, -0.1) is 0 Å². The molecule has 2 aromatic rings. The van der Waals surface area contributed by atoms with E-state index in [1.807, 2.05) is 24.3 Å². The first-order valence-electron chi connectivity index (χ1n) is 5.94. The molecule has 0 aliphatic carbocycles. The molecule has 0 saturated carbocycles. The largest absolute Gasteiger partial charge is 0.348 e. The number of halogens is 2. The minimum Gasteiger partial charge on any atom is -0.348 e. The molecular formula is C14H10Br2N2O3. The Morgan fingerprint density at radius 1 is 1.14 bits per heavy atom. The van der Waals surface area contributed by atoms with Crippen LogP contribution in [0.3, 0.4) is 0 Å². The van der Waals surface area contributed by atoms with Crippen molar-refractivity contribution in [3.8, 4) is 0 Å². The highest BCUT2D eigenvalue weighted by molar-refractivity contribution is 9.11. The summed E-state index contributed by atoms with van der Waals surface area (Å²) >= 11 is 6.45. The zero-order chi connectivity index (χ0) is 15.4. The van der Waals surface area contributed by atoms with E-state index in [4.69, 9.17) is 0 Å². The molecule has 7 heteroatoms. The maximum absolute atomic E-state index is 12.1. The van der Waals surface area contributed by atoms with Gasteiger partial charge in [0.2, 0.25) is 0 Å². The van der Waals surface area contributed by atoms with Gasteiger partial charge in [-0.1, -0.05) is 34.1 Å². The highest BCUT2D eigenvalue weighted by atomic mass is 79.9. The van der Waals surface area contributed by atoms with Gasteiger partial charge < -0.3 is 5.32 Å². The lowest BCUT2D eigenvalue weighted by atomic mass is 10.1. The quantitative estimate of drug-likeness (QED) is 0.607. The van der Waals surface area contributed by atoms with Crippen LogP contribution in [0.5, 0.6) is 0 Å². The molecule has 0 heterocycles. The Hall–Kier alpha value is -1.73. The Morgan fingerprint density at radius 3 is 2.43 bits per heavy atom. The molecule has 0 fully saturated rings. The molecule has 0 aliphatic heterocycles. The van der Waals surface area contributed by atoms with Crippen molar-refractivity contribution in [3.05, 3.63) is 72.7 Å². The van der Waals surface area contributed by atoms with E-state index in [0.29, 0.717) is 6.54 Å². The molecule has 0 spiro atoms. The third-order valence-corrected chi connectivity index (χ3v) is 4.15. The Labute approximate surface area is 137 Å². The predicted molar refractivity (Wildman–Crippen MR) is 86.1 cm³/mol. The van der Waals surface area contributed by atoms with Crippen molar-refractivity contribution in [2.24, 2.45) is 0 Å². The van der Waals surface area contributed by atoms with Crippen LogP contribution in [0.25, 0.3) is 0 Å². The number of amides is 1. The predicted octanol–water partition coefficient (Wildman–Crippen LogP) is 4.05. The van der Waals surface area contributed by atoms with Crippen molar-refractivity contribution < 1.29 is 9.72 Å². The average Bonchev–Trinajstić information content (AvgIpc) is 2.46. The fourth-order valence-electron chi connectivity index (χ4n) is 1.72. The summed E-state index contributed by atoms with van der Waals surface area (Å²) in [5, 5.41) is 13.6. The summed E-state index contributed by atoms with van der Waals surface area (Å²) in [6.45, 7) is 0.348. The molecule has 108 valence electrons. The SMILES string of the molecule is O=C(NCc1ccc(Br)cc1)c1cccc([N+](=O)[O-])c1Br. The van der Waals surface area contributed by atoms with Crippen LogP contribution in [0.4, 0.5) is 5.69 Å². The number of rotatable bonds is 4. The number of hydrogen-bond acceptors (Lipinski definition) is 3. The standard InChI is InChI=1S/C14H10Br2N2O3/c15-10-6-4-9(5-7-10)8-17-14(19)11-2-1-3-12(13(11)16)18(20)21/h1-7H,8H2,(H,17,19). The highest BCUT2D eigenvalue weighted by Gasteiger charge is 2.19. The summed E-state index contributed by atoms with van der Waals surface area (Å²) in [6.07, 6.45) is 0. The van der Waals surface area contributed by atoms with E-state index in [9.17, 15) is 14.9 Å². The molecule has 0 saturated heterocycles. The number of nitro benzene ring substituents is 1. The van der Waals surface area contributed by atoms with Gasteiger partial charge in [-0.25, -0.2) is 0 Å². The van der Waals surface area contributed by atoms with Crippen LogP contribution in [0.15, 0.2) is 51.4 Å². The van der Waals surface area contributed by atoms with Gasteiger partial charge in [0.05, 0.1) is 10.5 Å². The van der Waals surface area contributed by atoms with Crippen LogP contribution < -0.4 is 5.32 Å². The second kappa shape index (κ2) is 6.82. The first kappa shape index (κ1) is 15.7. The minimum absolute atomic E-state index is 0.133. The van der Waals surface area contributed by atoms with Gasteiger partial charge >= 0.3 is 0 Å². The summed E-state index contributed by atoms with van der Waals surface area (Å²) in [7, 11) is 0. The van der Waals surface area contributed by atoms with Gasteiger partial charge in [-0.05, 0) is 39.7 Å². The van der Waals surface area contributed by atoms with Crippen molar-refractivity contribution >= 4 is 43.5 Å². The minimum atomic E-state index is -0.532. The Balaban J connectivity index is 2.12. The molecular weight excluding hydrogens is 404 g/mol. The first-order valence-corrected chi connectivity index (χ1v) is 7.53. The molecule has 0 bridgehead atoms. The molecule has 2 aromatic carbocycles. The zero-order valence-electron chi connectivity index (χ0n) is 10.7. The normalized spacial score (nSPS) is 10.2. The summed E-state index contributed by atoms with van der Waals surface area (Å²) in [6, 6.07) is 11.9. The first-order chi connectivity index (χ1) is 9.99. The second-order valence-corrected chi connectivity index (χ2v) is 5.91. The molecule has 0 aliphatic rings. The summed E-state index contributed by atoms with van der Waals surface area (Å²) in [4.78, 5) is 22.4. The average molecular weight is 414 g/mol. The van der Waals surface area contributed by atoms with Gasteiger partial charge in [0.25, 0.3) is 11.6 Å². The number of benzene rings is 2. The van der Waals surface area contributed by atoms with Crippen LogP contribution >= 0.6 is 31.9 Å². The molecule has 21 heavy (non-hydrogen) atoms. The van der Waals surface area contributed by atoms with Gasteiger partial charge in [-0.3, -0.25) is 14.9 Å². The van der Waals surface area contributed by atoms with Gasteiger partial charge in [0.15, 0.2) is 0 Å². The number of carbonyl (C=O) groups is 1. The number of carbonyl (C=O) groups excluding carboxylic acids is 1. The maximum atomic E-state index is 12.1. The molecule has 2 rings (SSSR count). The summed E-state index contributed by atoms with van der Waals surface area (Å²) in [5.74, 6) is -0.367. The lowest BCUT2D eigenvalue weighted by Crippen LogP contribution is -2.23. The van der Waals surface area contributed by atoms with E-state index in [1.165, 1.54) is 18.2 Å². The second-order valence-electron chi connectivity index (χ2n) is 4.20. The van der Waals surface area contributed by atoms with Crippen molar-refractivity contribution in [2.45, 2.75) is 6.54 Å². The molecule has 1 amide bonds. The van der Waals surface area contributed by atoms with Crippen molar-refractivity contribution in [3.63, 3.8) is 0 Å². The third kappa shape index (κ3) is 3.89. The van der Waals surface area contributed by atoms with Crippen LogP contribution in [-0.2, 0) is 6.54 Å². The molecule has 0 atom stereocenters. The van der Waals surface area contributed by atoms with Crippen LogP contribution in [0.1, 0.15) is 15.9 Å². The van der Waals surface area contributed by atoms with E-state index in [2.05, 4.69) is 37.2 Å². The molecule has 0 unspecified atom stereocenters. The summed E-state index contributed by atoms with van der Waals surface area (Å²) in [5.41, 5.74) is 1.04. The molecule has 0 radical (unpaired) electrons. The van der Waals surface area contributed by atoms with Crippen LogP contribution in [0.2, 0.25) is 0 Å². The van der Waals surface area contributed by atoms with Crippen LogP contribution in [-0.4, -0.2) is 10.8 Å². The maximum Gasteiger partial charge on any atom is 0.284 e. The molecule has 1 N–H and O–H groups in total. The smallest absolute Gasteiger partial charge is 0.284 e. The van der Waals surface area contributed by atoms with E-state index in [0.717, 1.165) is 10.0 Å². The lowest BCUT2D eigenvalue weighted by Gasteiger charge is -2.07. The Bertz CT molecular complexity index is 687. The fourth-order valence-corrected chi connectivity index (χ4v) is 2.57. The van der Waals surface area contributed by atoms with E-state index >= 15 is 0 Å². The van der Waals surface area contributed by atoms with Crippen molar-refractivity contribution in [1.82, 2.24) is 5.32 Å². The highest BCUT2D eigenvalue weighted by Crippen LogP contribution is 2.28. The monoisotopic (exact) mass is 412 g/mol. The zero-order valence-corrected chi connectivity index (χ0v) is 13.8. The number of nitro groups is 1. The van der Waals surface area contributed by atoms with Crippen molar-refractivity contribution in [1.29, 1.82) is 0 Å². The van der Waals surface area contributed by atoms with Gasteiger partial charge in [-0.2, -0.15) is 0 Å². The third-order valence-electron chi connectivity index (χ3n) is 2.79. The van der Waals surface area contributed by atoms with Gasteiger partial charge in [0.1, 0.15) is 4.47 Å². The number of hydrogen-bond donors (Lipinski definition) is 1. The number of nitrogens with one attached hydrogen (secondary N) is 1.